The highest BCUT2D eigenvalue weighted by molar-refractivity contribution is 5.94. The first-order valence-corrected chi connectivity index (χ1v) is 6.73. The van der Waals surface area contributed by atoms with E-state index < -0.39 is 0 Å². The third-order valence-electron chi connectivity index (χ3n) is 2.89. The Bertz CT molecular complexity index is 471. The summed E-state index contributed by atoms with van der Waals surface area (Å²) in [5, 5.41) is 0. The van der Waals surface area contributed by atoms with Crippen molar-refractivity contribution in [3.05, 3.63) is 35.4 Å². The molecule has 0 spiro atoms. The highest BCUT2D eigenvalue weighted by Gasteiger charge is 2.10. The number of benzene rings is 1. The fourth-order valence-corrected chi connectivity index (χ4v) is 1.80. The van der Waals surface area contributed by atoms with E-state index in [0.29, 0.717) is 12.1 Å². The fraction of sp³-hybridized carbons (Fsp3) is 0.438. The quantitative estimate of drug-likeness (QED) is 0.650. The Kier molecular flexibility index (Phi) is 6.70. The summed E-state index contributed by atoms with van der Waals surface area (Å²) < 4.78 is 0. The molecule has 0 heterocycles. The van der Waals surface area contributed by atoms with Crippen molar-refractivity contribution in [1.82, 2.24) is 4.90 Å². The van der Waals surface area contributed by atoms with Crippen LogP contribution in [0.3, 0.4) is 0 Å². The lowest BCUT2D eigenvalue weighted by atomic mass is 10.1. The molecule has 0 fully saturated rings. The summed E-state index contributed by atoms with van der Waals surface area (Å²) in [4.78, 5) is 14.0. The Labute approximate surface area is 115 Å². The molecule has 0 aromatic heterocycles. The van der Waals surface area contributed by atoms with E-state index in [1.165, 1.54) is 0 Å². The van der Waals surface area contributed by atoms with E-state index in [1.54, 1.807) is 4.90 Å². The normalized spacial score (nSPS) is 9.63. The van der Waals surface area contributed by atoms with E-state index >= 15 is 0 Å². The standard InChI is InChI=1S/C16H22N2O/c1-3-4-5-12-18(2)16(19)15-10-6-8-14(13-15)9-7-11-17/h6,8,10,13H,3-5,11-12,17H2,1-2H3. The van der Waals surface area contributed by atoms with Crippen LogP contribution >= 0.6 is 0 Å². The van der Waals surface area contributed by atoms with E-state index in [9.17, 15) is 4.79 Å². The minimum Gasteiger partial charge on any atom is -0.342 e. The zero-order chi connectivity index (χ0) is 14.1. The van der Waals surface area contributed by atoms with Gasteiger partial charge in [-0.25, -0.2) is 0 Å². The molecule has 102 valence electrons. The zero-order valence-corrected chi connectivity index (χ0v) is 11.8. The van der Waals surface area contributed by atoms with Gasteiger partial charge in [-0.2, -0.15) is 0 Å². The van der Waals surface area contributed by atoms with Gasteiger partial charge in [-0.15, -0.1) is 0 Å². The van der Waals surface area contributed by atoms with Gasteiger partial charge >= 0.3 is 0 Å². The molecule has 0 aliphatic rings. The average molecular weight is 258 g/mol. The van der Waals surface area contributed by atoms with Crippen LogP contribution in [0, 0.1) is 11.8 Å². The van der Waals surface area contributed by atoms with Gasteiger partial charge < -0.3 is 10.6 Å². The van der Waals surface area contributed by atoms with Gasteiger partial charge in [0.05, 0.1) is 6.54 Å². The van der Waals surface area contributed by atoms with E-state index in [0.717, 1.165) is 31.4 Å². The van der Waals surface area contributed by atoms with Crippen molar-refractivity contribution in [2.24, 2.45) is 5.73 Å². The van der Waals surface area contributed by atoms with Crippen molar-refractivity contribution in [3.8, 4) is 11.8 Å². The van der Waals surface area contributed by atoms with Crippen molar-refractivity contribution in [2.75, 3.05) is 20.1 Å². The summed E-state index contributed by atoms with van der Waals surface area (Å²) in [7, 11) is 1.84. The van der Waals surface area contributed by atoms with Gasteiger partial charge in [-0.1, -0.05) is 37.7 Å². The molecule has 0 aliphatic heterocycles. The van der Waals surface area contributed by atoms with Crippen LogP contribution in [-0.4, -0.2) is 30.9 Å². The fourth-order valence-electron chi connectivity index (χ4n) is 1.80. The second kappa shape index (κ2) is 8.34. The molecule has 3 heteroatoms. The Hall–Kier alpha value is -1.79. The number of nitrogens with two attached hydrogens (primary N) is 1. The van der Waals surface area contributed by atoms with Crippen molar-refractivity contribution in [2.45, 2.75) is 26.2 Å². The van der Waals surface area contributed by atoms with E-state index in [2.05, 4.69) is 18.8 Å². The molecule has 3 nitrogen and oxygen atoms in total. The van der Waals surface area contributed by atoms with Crippen LogP contribution in [0.15, 0.2) is 24.3 Å². The minimum atomic E-state index is 0.0486. The maximum Gasteiger partial charge on any atom is 0.253 e. The number of carbonyl (C=O) groups excluding carboxylic acids is 1. The van der Waals surface area contributed by atoms with Crippen LogP contribution in [0.5, 0.6) is 0 Å². The zero-order valence-electron chi connectivity index (χ0n) is 11.8. The molecule has 19 heavy (non-hydrogen) atoms. The first kappa shape index (κ1) is 15.3. The summed E-state index contributed by atoms with van der Waals surface area (Å²) >= 11 is 0. The van der Waals surface area contributed by atoms with Crippen molar-refractivity contribution in [3.63, 3.8) is 0 Å². The molecule has 0 aliphatic carbocycles. The summed E-state index contributed by atoms with van der Waals surface area (Å²) in [6, 6.07) is 7.39. The summed E-state index contributed by atoms with van der Waals surface area (Å²) in [6.45, 7) is 3.28. The molecule has 1 aromatic rings. The van der Waals surface area contributed by atoms with Gasteiger partial charge in [0.2, 0.25) is 0 Å². The second-order valence-corrected chi connectivity index (χ2v) is 4.52. The summed E-state index contributed by atoms with van der Waals surface area (Å²) in [6.07, 6.45) is 3.36. The summed E-state index contributed by atoms with van der Waals surface area (Å²) in [5.74, 6) is 5.79. The lowest BCUT2D eigenvalue weighted by Crippen LogP contribution is -2.27. The number of hydrogen-bond donors (Lipinski definition) is 1. The van der Waals surface area contributed by atoms with Gasteiger partial charge in [0, 0.05) is 24.7 Å². The third kappa shape index (κ3) is 5.15. The third-order valence-corrected chi connectivity index (χ3v) is 2.89. The smallest absolute Gasteiger partial charge is 0.253 e. The molecule has 1 aromatic carbocycles. The van der Waals surface area contributed by atoms with Gasteiger partial charge in [0.25, 0.3) is 5.91 Å². The highest BCUT2D eigenvalue weighted by Crippen LogP contribution is 2.08. The van der Waals surface area contributed by atoms with Crippen LogP contribution in [0.1, 0.15) is 42.1 Å². The lowest BCUT2D eigenvalue weighted by Gasteiger charge is -2.17. The molecule has 0 unspecified atom stereocenters. The number of carbonyl (C=O) groups is 1. The van der Waals surface area contributed by atoms with Gasteiger partial charge in [0.15, 0.2) is 0 Å². The number of nitrogens with zero attached hydrogens (tertiary/aromatic N) is 1. The van der Waals surface area contributed by atoms with Gasteiger partial charge in [0.1, 0.15) is 0 Å². The average Bonchev–Trinajstić information content (AvgIpc) is 2.44. The van der Waals surface area contributed by atoms with Crippen molar-refractivity contribution in [1.29, 1.82) is 0 Å². The molecular weight excluding hydrogens is 236 g/mol. The maximum atomic E-state index is 12.2. The van der Waals surface area contributed by atoms with Crippen LogP contribution in [-0.2, 0) is 0 Å². The first-order valence-electron chi connectivity index (χ1n) is 6.73. The number of hydrogen-bond acceptors (Lipinski definition) is 2. The summed E-state index contributed by atoms with van der Waals surface area (Å²) in [5.41, 5.74) is 6.86. The Morgan fingerprint density at radius 1 is 1.37 bits per heavy atom. The van der Waals surface area contributed by atoms with Crippen molar-refractivity contribution >= 4 is 5.91 Å². The first-order chi connectivity index (χ1) is 9.19. The molecule has 0 saturated carbocycles. The Morgan fingerprint density at radius 2 is 2.16 bits per heavy atom. The van der Waals surface area contributed by atoms with Crippen LogP contribution in [0.2, 0.25) is 0 Å². The SMILES string of the molecule is CCCCCN(C)C(=O)c1cccc(C#CCN)c1. The van der Waals surface area contributed by atoms with Gasteiger partial charge in [-0.05, 0) is 24.6 Å². The van der Waals surface area contributed by atoms with Gasteiger partial charge in [-0.3, -0.25) is 4.79 Å². The molecule has 0 bridgehead atoms. The predicted molar refractivity (Wildman–Crippen MR) is 78.9 cm³/mol. The Morgan fingerprint density at radius 3 is 2.84 bits per heavy atom. The minimum absolute atomic E-state index is 0.0486. The molecule has 0 saturated heterocycles. The number of unbranched alkanes of at least 4 members (excludes halogenated alkanes) is 2. The topological polar surface area (TPSA) is 46.3 Å². The van der Waals surface area contributed by atoms with Crippen LogP contribution in [0.25, 0.3) is 0 Å². The number of rotatable bonds is 5. The molecule has 0 radical (unpaired) electrons. The van der Waals surface area contributed by atoms with Crippen LogP contribution in [0.4, 0.5) is 0 Å². The van der Waals surface area contributed by atoms with E-state index in [4.69, 9.17) is 5.73 Å². The monoisotopic (exact) mass is 258 g/mol. The second-order valence-electron chi connectivity index (χ2n) is 4.52. The van der Waals surface area contributed by atoms with Crippen LogP contribution < -0.4 is 5.73 Å². The molecule has 0 atom stereocenters. The van der Waals surface area contributed by atoms with Crippen molar-refractivity contribution < 1.29 is 4.79 Å². The lowest BCUT2D eigenvalue weighted by molar-refractivity contribution is 0.0792. The largest absolute Gasteiger partial charge is 0.342 e. The molecular formula is C16H22N2O. The van der Waals surface area contributed by atoms with E-state index in [-0.39, 0.29) is 5.91 Å². The molecule has 1 amide bonds. The predicted octanol–water partition coefficient (Wildman–Crippen LogP) is 2.26. The maximum absolute atomic E-state index is 12.2. The highest BCUT2D eigenvalue weighted by atomic mass is 16.2. The Balaban J connectivity index is 2.70. The van der Waals surface area contributed by atoms with E-state index in [1.807, 2.05) is 31.3 Å². The number of amides is 1. The molecule has 1 rings (SSSR count). The molecule has 2 N–H and O–H groups in total.